The first-order valence-electron chi connectivity index (χ1n) is 8.01. The molecule has 1 aliphatic heterocycles. The smallest absolute Gasteiger partial charge is 0.0662 e. The number of hydrogen-bond donors (Lipinski definition) is 3. The van der Waals surface area contributed by atoms with Gasteiger partial charge in [-0.05, 0) is 24.3 Å². The van der Waals surface area contributed by atoms with Gasteiger partial charge in [0.1, 0.15) is 0 Å². The minimum atomic E-state index is -0.425. The molecule has 120 valence electrons. The molecule has 0 fully saturated rings. The van der Waals surface area contributed by atoms with E-state index in [1.54, 1.807) is 0 Å². The second kappa shape index (κ2) is 8.40. The van der Waals surface area contributed by atoms with E-state index in [-0.39, 0.29) is 6.17 Å². The van der Waals surface area contributed by atoms with Crippen molar-refractivity contribution in [2.75, 3.05) is 6.54 Å². The van der Waals surface area contributed by atoms with Crippen molar-refractivity contribution in [1.82, 2.24) is 5.32 Å². The fourth-order valence-electron chi connectivity index (χ4n) is 2.55. The Kier molecular flexibility index (Phi) is 6.53. The molecule has 0 radical (unpaired) electrons. The maximum Gasteiger partial charge on any atom is 0.0662 e. The molecule has 0 spiro atoms. The van der Waals surface area contributed by atoms with Crippen LogP contribution in [-0.2, 0) is 0 Å². The van der Waals surface area contributed by atoms with Crippen molar-refractivity contribution in [2.45, 2.75) is 38.6 Å². The number of thiol groups is 1. The number of rotatable bonds is 6. The third-order valence-electron chi connectivity index (χ3n) is 4.17. The Morgan fingerprint density at radius 1 is 1.41 bits per heavy atom. The molecule has 1 heterocycles. The zero-order valence-electron chi connectivity index (χ0n) is 13.8. The van der Waals surface area contributed by atoms with Crippen LogP contribution in [0.3, 0.4) is 0 Å². The maximum atomic E-state index is 6.28. The van der Waals surface area contributed by atoms with Gasteiger partial charge in [0, 0.05) is 23.8 Å². The van der Waals surface area contributed by atoms with Crippen molar-refractivity contribution in [3.63, 3.8) is 0 Å². The molecule has 0 aromatic heterocycles. The molecule has 0 saturated heterocycles. The van der Waals surface area contributed by atoms with E-state index >= 15 is 0 Å². The van der Waals surface area contributed by atoms with Crippen LogP contribution >= 0.6 is 10.3 Å². The van der Waals surface area contributed by atoms with Crippen LogP contribution in [0.25, 0.3) is 0 Å². The highest BCUT2D eigenvalue weighted by Gasteiger charge is 2.14. The molecular formula is C19H28N2S. The molecule has 0 aromatic carbocycles. The Hall–Kier alpha value is -1.25. The third-order valence-corrected chi connectivity index (χ3v) is 6.41. The highest BCUT2D eigenvalue weighted by molar-refractivity contribution is 8.10. The van der Waals surface area contributed by atoms with E-state index in [1.807, 2.05) is 13.0 Å². The molecule has 1 aliphatic carbocycles. The van der Waals surface area contributed by atoms with Crippen molar-refractivity contribution >= 4 is 10.3 Å². The Morgan fingerprint density at radius 3 is 2.91 bits per heavy atom. The Labute approximate surface area is 137 Å². The van der Waals surface area contributed by atoms with E-state index < -0.39 is 10.3 Å². The van der Waals surface area contributed by atoms with Gasteiger partial charge < -0.3 is 5.73 Å². The molecule has 4 unspecified atom stereocenters. The van der Waals surface area contributed by atoms with Gasteiger partial charge in [-0.25, -0.2) is 0 Å². The molecule has 0 saturated carbocycles. The number of nitrogens with one attached hydrogen (secondary N) is 1. The van der Waals surface area contributed by atoms with Gasteiger partial charge in [0.05, 0.1) is 6.17 Å². The highest BCUT2D eigenvalue weighted by atomic mass is 32.2. The Balaban J connectivity index is 2.00. The van der Waals surface area contributed by atoms with Gasteiger partial charge in [-0.3, -0.25) is 5.32 Å². The summed E-state index contributed by atoms with van der Waals surface area (Å²) in [6, 6.07) is 0. The summed E-state index contributed by atoms with van der Waals surface area (Å²) in [6.45, 7) is 7.32. The van der Waals surface area contributed by atoms with Gasteiger partial charge in [-0.1, -0.05) is 61.1 Å². The standard InChI is InChI=1S/C19H28N2S/c1-4-5-11-21-19(20)16(3)22-12-7-9-17(14-22)13-18-10-6-8-15(18)2/h4-10,12,15-16,19,21-22H,11,13,20H2,1-3H3/b5-4-. The summed E-state index contributed by atoms with van der Waals surface area (Å²) < 4.78 is 0. The van der Waals surface area contributed by atoms with Crippen LogP contribution in [0.2, 0.25) is 0 Å². The van der Waals surface area contributed by atoms with Crippen molar-refractivity contribution in [1.29, 1.82) is 0 Å². The molecule has 2 aliphatic rings. The van der Waals surface area contributed by atoms with E-state index in [1.165, 1.54) is 11.1 Å². The molecule has 0 aromatic rings. The molecule has 0 amide bonds. The number of nitrogens with two attached hydrogens (primary N) is 1. The minimum absolute atomic E-state index is 0.00472. The topological polar surface area (TPSA) is 38.0 Å². The minimum Gasteiger partial charge on any atom is -0.315 e. The molecule has 4 atom stereocenters. The summed E-state index contributed by atoms with van der Waals surface area (Å²) in [7, 11) is -0.425. The predicted octanol–water partition coefficient (Wildman–Crippen LogP) is 3.76. The summed E-state index contributed by atoms with van der Waals surface area (Å²) in [6.07, 6.45) is 16.2. The predicted molar refractivity (Wildman–Crippen MR) is 101 cm³/mol. The monoisotopic (exact) mass is 316 g/mol. The van der Waals surface area contributed by atoms with Crippen LogP contribution in [0.5, 0.6) is 0 Å². The summed E-state index contributed by atoms with van der Waals surface area (Å²) in [4.78, 5) is 0. The van der Waals surface area contributed by atoms with Gasteiger partial charge in [-0.2, -0.15) is 10.3 Å². The van der Waals surface area contributed by atoms with Gasteiger partial charge in [0.2, 0.25) is 0 Å². The van der Waals surface area contributed by atoms with Crippen molar-refractivity contribution < 1.29 is 0 Å². The molecule has 0 bridgehead atoms. The van der Waals surface area contributed by atoms with Crippen molar-refractivity contribution in [3.05, 3.63) is 59.1 Å². The van der Waals surface area contributed by atoms with E-state index in [9.17, 15) is 0 Å². The fraction of sp³-hybridized carbons (Fsp3) is 0.421. The normalized spacial score (nSPS) is 26.4. The van der Waals surface area contributed by atoms with Crippen LogP contribution < -0.4 is 11.1 Å². The third kappa shape index (κ3) is 4.62. The molecule has 2 rings (SSSR count). The highest BCUT2D eigenvalue weighted by Crippen LogP contribution is 2.30. The lowest BCUT2D eigenvalue weighted by molar-refractivity contribution is 0.555. The summed E-state index contributed by atoms with van der Waals surface area (Å²) in [5.41, 5.74) is 9.06. The van der Waals surface area contributed by atoms with Crippen molar-refractivity contribution in [2.24, 2.45) is 11.7 Å². The Bertz CT molecular complexity index is 623. The molecule has 2 nitrogen and oxygen atoms in total. The second-order valence-electron chi connectivity index (χ2n) is 5.89. The zero-order chi connectivity index (χ0) is 15.9. The number of allylic oxidation sites excluding steroid dienone is 8. The van der Waals surface area contributed by atoms with Crippen LogP contribution in [0, 0.1) is 11.1 Å². The summed E-state index contributed by atoms with van der Waals surface area (Å²) in [5, 5.41) is 9.72. The quantitative estimate of drug-likeness (QED) is 0.396. The summed E-state index contributed by atoms with van der Waals surface area (Å²) in [5.74, 6) is 0.557. The van der Waals surface area contributed by atoms with Crippen LogP contribution in [0.1, 0.15) is 27.2 Å². The largest absolute Gasteiger partial charge is 0.315 e. The van der Waals surface area contributed by atoms with E-state index in [0.717, 1.165) is 13.0 Å². The molecule has 3 heteroatoms. The lowest BCUT2D eigenvalue weighted by atomic mass is 9.98. The lowest BCUT2D eigenvalue weighted by Gasteiger charge is -2.23. The molecular weight excluding hydrogens is 288 g/mol. The first-order valence-corrected chi connectivity index (χ1v) is 9.49. The van der Waals surface area contributed by atoms with Gasteiger partial charge in [0.15, 0.2) is 0 Å². The number of hydrogen-bond acceptors (Lipinski definition) is 2. The first-order chi connectivity index (χ1) is 10.6. The average Bonchev–Trinajstić information content (AvgIpc) is 2.92. The fourth-order valence-corrected chi connectivity index (χ4v) is 4.31. The van der Waals surface area contributed by atoms with Crippen LogP contribution in [-0.4, -0.2) is 18.0 Å². The summed E-state index contributed by atoms with van der Waals surface area (Å²) >= 11 is 0. The van der Waals surface area contributed by atoms with Gasteiger partial charge >= 0.3 is 0 Å². The average molecular weight is 317 g/mol. The van der Waals surface area contributed by atoms with Crippen LogP contribution in [0.15, 0.2) is 59.1 Å². The first kappa shape index (κ1) is 17.1. The molecule has 22 heavy (non-hydrogen) atoms. The van der Waals surface area contributed by atoms with Gasteiger partial charge in [-0.15, -0.1) is 0 Å². The van der Waals surface area contributed by atoms with E-state index in [0.29, 0.717) is 11.2 Å². The van der Waals surface area contributed by atoms with Crippen LogP contribution in [0.4, 0.5) is 0 Å². The zero-order valence-corrected chi connectivity index (χ0v) is 14.7. The lowest BCUT2D eigenvalue weighted by Crippen LogP contribution is -2.44. The van der Waals surface area contributed by atoms with E-state index in [2.05, 4.69) is 66.2 Å². The SMILES string of the molecule is C/C=C\CNC(N)C(C)[SH]1#CC(CC2=CC=CC2C)=CC=C1. The van der Waals surface area contributed by atoms with Gasteiger partial charge in [0.25, 0.3) is 0 Å². The van der Waals surface area contributed by atoms with Crippen molar-refractivity contribution in [3.8, 4) is 5.18 Å². The van der Waals surface area contributed by atoms with E-state index in [4.69, 9.17) is 5.73 Å². The maximum absolute atomic E-state index is 6.28. The second-order valence-corrected chi connectivity index (χ2v) is 8.04. The molecule has 3 N–H and O–H groups in total. The Morgan fingerprint density at radius 2 is 2.23 bits per heavy atom.